The normalized spacial score (nSPS) is 18.8. The standard InChI is InChI=1S/C24H29N3O5S/c1-32-22-9-7-21(8-10-22)27-17-20(15-23(27)28)24(29)25-12-4-14-33(30,31)26-13-11-18-5-2-3-6-19(18)16-26/h2-3,5-10,20H,4,11-17H2,1H3,(H,25,29). The van der Waals surface area contributed by atoms with Crippen LogP contribution in [0.5, 0.6) is 5.75 Å². The number of hydrogen-bond acceptors (Lipinski definition) is 5. The minimum atomic E-state index is -3.39. The van der Waals surface area contributed by atoms with E-state index in [1.165, 1.54) is 9.87 Å². The molecule has 1 N–H and O–H groups in total. The fraction of sp³-hybridized carbons (Fsp3) is 0.417. The first kappa shape index (κ1) is 23.3. The fourth-order valence-corrected chi connectivity index (χ4v) is 5.81. The van der Waals surface area contributed by atoms with Gasteiger partial charge in [-0.2, -0.15) is 4.31 Å². The third-order valence-corrected chi connectivity index (χ3v) is 8.15. The van der Waals surface area contributed by atoms with Gasteiger partial charge in [0.1, 0.15) is 5.75 Å². The minimum Gasteiger partial charge on any atom is -0.497 e. The molecule has 0 bridgehead atoms. The van der Waals surface area contributed by atoms with Crippen LogP contribution < -0.4 is 15.0 Å². The molecule has 1 atom stereocenters. The lowest BCUT2D eigenvalue weighted by molar-refractivity contribution is -0.126. The summed E-state index contributed by atoms with van der Waals surface area (Å²) in [4.78, 5) is 26.6. The number of methoxy groups -OCH3 is 1. The number of hydrogen-bond donors (Lipinski definition) is 1. The maximum Gasteiger partial charge on any atom is 0.227 e. The van der Waals surface area contributed by atoms with Crippen LogP contribution in [0.1, 0.15) is 24.0 Å². The highest BCUT2D eigenvalue weighted by atomic mass is 32.2. The minimum absolute atomic E-state index is 0.0168. The number of benzene rings is 2. The van der Waals surface area contributed by atoms with Gasteiger partial charge in [-0.1, -0.05) is 24.3 Å². The van der Waals surface area contributed by atoms with Crippen molar-refractivity contribution in [1.82, 2.24) is 9.62 Å². The van der Waals surface area contributed by atoms with Crippen LogP contribution in [0.25, 0.3) is 0 Å². The molecule has 0 aromatic heterocycles. The highest BCUT2D eigenvalue weighted by molar-refractivity contribution is 7.89. The second kappa shape index (κ2) is 9.93. The van der Waals surface area contributed by atoms with Gasteiger partial charge < -0.3 is 15.0 Å². The molecule has 4 rings (SSSR count). The van der Waals surface area contributed by atoms with Crippen molar-refractivity contribution in [2.75, 3.05) is 37.4 Å². The first-order valence-electron chi connectivity index (χ1n) is 11.1. The van der Waals surface area contributed by atoms with E-state index in [0.29, 0.717) is 38.2 Å². The number of nitrogens with one attached hydrogen (secondary N) is 1. The van der Waals surface area contributed by atoms with Gasteiger partial charge in [-0.3, -0.25) is 9.59 Å². The highest BCUT2D eigenvalue weighted by Gasteiger charge is 2.35. The Kier molecular flexibility index (Phi) is 6.99. The molecule has 1 fully saturated rings. The molecule has 176 valence electrons. The summed E-state index contributed by atoms with van der Waals surface area (Å²) in [6.07, 6.45) is 1.19. The number of fused-ring (bicyclic) bond motifs is 1. The number of carbonyl (C=O) groups excluding carboxylic acids is 2. The highest BCUT2D eigenvalue weighted by Crippen LogP contribution is 2.27. The van der Waals surface area contributed by atoms with Gasteiger partial charge in [0, 0.05) is 38.3 Å². The molecule has 0 saturated carbocycles. The molecular weight excluding hydrogens is 442 g/mol. The maximum absolute atomic E-state index is 12.7. The molecule has 9 heteroatoms. The Labute approximate surface area is 194 Å². The zero-order valence-electron chi connectivity index (χ0n) is 18.7. The number of rotatable bonds is 8. The lowest BCUT2D eigenvalue weighted by Crippen LogP contribution is -2.38. The first-order chi connectivity index (χ1) is 15.9. The van der Waals surface area contributed by atoms with Crippen LogP contribution in [0.15, 0.2) is 48.5 Å². The molecule has 2 amide bonds. The third-order valence-electron chi connectivity index (χ3n) is 6.25. The topological polar surface area (TPSA) is 96.0 Å². The Morgan fingerprint density at radius 1 is 1.12 bits per heavy atom. The average Bonchev–Trinajstić information content (AvgIpc) is 3.23. The molecule has 2 heterocycles. The Morgan fingerprint density at radius 3 is 2.58 bits per heavy atom. The van der Waals surface area contributed by atoms with E-state index >= 15 is 0 Å². The number of carbonyl (C=O) groups is 2. The number of amides is 2. The van der Waals surface area contributed by atoms with Crippen LogP contribution in [-0.2, 0) is 32.6 Å². The zero-order chi connectivity index (χ0) is 23.4. The van der Waals surface area contributed by atoms with Crippen molar-refractivity contribution in [2.24, 2.45) is 5.92 Å². The van der Waals surface area contributed by atoms with Gasteiger partial charge >= 0.3 is 0 Å². The number of sulfonamides is 1. The van der Waals surface area contributed by atoms with E-state index in [-0.39, 0.29) is 30.5 Å². The summed E-state index contributed by atoms with van der Waals surface area (Å²) in [6, 6.07) is 15.0. The fourth-order valence-electron chi connectivity index (χ4n) is 4.34. The second-order valence-corrected chi connectivity index (χ2v) is 10.5. The SMILES string of the molecule is COc1ccc(N2CC(C(=O)NCCCS(=O)(=O)N3CCc4ccccc4C3)CC2=O)cc1. The molecule has 0 aliphatic carbocycles. The van der Waals surface area contributed by atoms with E-state index in [0.717, 1.165) is 11.3 Å². The van der Waals surface area contributed by atoms with Gasteiger partial charge in [0.05, 0.1) is 18.8 Å². The average molecular weight is 472 g/mol. The predicted molar refractivity (Wildman–Crippen MR) is 125 cm³/mol. The molecule has 2 aliphatic heterocycles. The maximum atomic E-state index is 12.7. The van der Waals surface area contributed by atoms with Gasteiger partial charge in [-0.25, -0.2) is 8.42 Å². The van der Waals surface area contributed by atoms with Gasteiger partial charge in [0.25, 0.3) is 0 Å². The molecule has 2 aromatic carbocycles. The summed E-state index contributed by atoms with van der Waals surface area (Å²) < 4.78 is 32.1. The van der Waals surface area contributed by atoms with Crippen molar-refractivity contribution < 1.29 is 22.7 Å². The van der Waals surface area contributed by atoms with Crippen molar-refractivity contribution in [3.63, 3.8) is 0 Å². The van der Waals surface area contributed by atoms with Gasteiger partial charge in [0.2, 0.25) is 21.8 Å². The Balaban J connectivity index is 1.23. The van der Waals surface area contributed by atoms with Crippen LogP contribution in [0.4, 0.5) is 5.69 Å². The summed E-state index contributed by atoms with van der Waals surface area (Å²) in [7, 11) is -1.82. The predicted octanol–water partition coefficient (Wildman–Crippen LogP) is 1.94. The van der Waals surface area contributed by atoms with Gasteiger partial charge in [-0.05, 0) is 48.2 Å². The molecular formula is C24H29N3O5S. The van der Waals surface area contributed by atoms with Gasteiger partial charge in [0.15, 0.2) is 0 Å². The van der Waals surface area contributed by atoms with Crippen LogP contribution in [0, 0.1) is 5.92 Å². The van der Waals surface area contributed by atoms with Crippen molar-refractivity contribution in [3.8, 4) is 5.75 Å². The van der Waals surface area contributed by atoms with E-state index in [1.54, 1.807) is 36.3 Å². The molecule has 33 heavy (non-hydrogen) atoms. The van der Waals surface area contributed by atoms with Crippen molar-refractivity contribution in [2.45, 2.75) is 25.8 Å². The largest absolute Gasteiger partial charge is 0.497 e. The van der Waals surface area contributed by atoms with Crippen molar-refractivity contribution in [3.05, 3.63) is 59.7 Å². The summed E-state index contributed by atoms with van der Waals surface area (Å²) in [5.74, 6) is -0.0908. The van der Waals surface area contributed by atoms with Crippen LogP contribution >= 0.6 is 0 Å². The summed E-state index contributed by atoms with van der Waals surface area (Å²) in [5, 5.41) is 2.81. The lowest BCUT2D eigenvalue weighted by Gasteiger charge is -2.28. The molecule has 8 nitrogen and oxygen atoms in total. The van der Waals surface area contributed by atoms with E-state index in [9.17, 15) is 18.0 Å². The Morgan fingerprint density at radius 2 is 1.85 bits per heavy atom. The molecule has 1 unspecified atom stereocenters. The van der Waals surface area contributed by atoms with E-state index in [1.807, 2.05) is 24.3 Å². The van der Waals surface area contributed by atoms with Crippen molar-refractivity contribution >= 4 is 27.5 Å². The van der Waals surface area contributed by atoms with Gasteiger partial charge in [-0.15, -0.1) is 0 Å². The molecule has 0 spiro atoms. The zero-order valence-corrected chi connectivity index (χ0v) is 19.5. The van der Waals surface area contributed by atoms with Crippen LogP contribution in [0.2, 0.25) is 0 Å². The van der Waals surface area contributed by atoms with Crippen LogP contribution in [-0.4, -0.2) is 57.0 Å². The van der Waals surface area contributed by atoms with E-state index in [4.69, 9.17) is 4.74 Å². The Hall–Kier alpha value is -2.91. The number of anilines is 1. The third kappa shape index (κ3) is 5.36. The first-order valence-corrected chi connectivity index (χ1v) is 12.7. The number of ether oxygens (including phenoxy) is 1. The molecule has 2 aromatic rings. The second-order valence-electron chi connectivity index (χ2n) is 8.42. The summed E-state index contributed by atoms with van der Waals surface area (Å²) >= 11 is 0. The van der Waals surface area contributed by atoms with E-state index < -0.39 is 15.9 Å². The van der Waals surface area contributed by atoms with Crippen molar-refractivity contribution in [1.29, 1.82) is 0 Å². The molecule has 0 radical (unpaired) electrons. The summed E-state index contributed by atoms with van der Waals surface area (Å²) in [5.41, 5.74) is 2.98. The molecule has 1 saturated heterocycles. The quantitative estimate of drug-likeness (QED) is 0.594. The lowest BCUT2D eigenvalue weighted by atomic mass is 10.0. The van der Waals surface area contributed by atoms with Crippen LogP contribution in [0.3, 0.4) is 0 Å². The van der Waals surface area contributed by atoms with E-state index in [2.05, 4.69) is 5.32 Å². The summed E-state index contributed by atoms with van der Waals surface area (Å²) in [6.45, 7) is 1.45. The molecule has 2 aliphatic rings. The monoisotopic (exact) mass is 471 g/mol. The smallest absolute Gasteiger partial charge is 0.227 e. The Bertz CT molecular complexity index is 1120. The number of nitrogens with zero attached hydrogens (tertiary/aromatic N) is 2.